The van der Waals surface area contributed by atoms with Crippen molar-refractivity contribution in [3.05, 3.63) is 36.5 Å². The fraction of sp³-hybridized carbons (Fsp3) is 0.881. The summed E-state index contributed by atoms with van der Waals surface area (Å²) in [6.45, 7) is 3.79. The number of hydrogen-bond donors (Lipinski definition) is 6. The van der Waals surface area contributed by atoms with Gasteiger partial charge in [0.25, 0.3) is 0 Å². The quantitative estimate of drug-likeness (QED) is 0.0261. The molecule has 0 bridgehead atoms. The van der Waals surface area contributed by atoms with E-state index in [0.717, 1.165) is 44.9 Å². The van der Waals surface area contributed by atoms with E-state index >= 15 is 0 Å². The number of aliphatic hydroxyl groups is 5. The average Bonchev–Trinajstić information content (AvgIpc) is 3.34. The van der Waals surface area contributed by atoms with Crippen LogP contribution in [0, 0.1) is 0 Å². The highest BCUT2D eigenvalue weighted by Gasteiger charge is 2.44. The van der Waals surface area contributed by atoms with E-state index in [2.05, 4.69) is 43.5 Å². The molecule has 7 unspecified atom stereocenters. The third-order valence-electron chi connectivity index (χ3n) is 14.0. The van der Waals surface area contributed by atoms with Crippen LogP contribution in [0.5, 0.6) is 0 Å². The van der Waals surface area contributed by atoms with E-state index in [0.29, 0.717) is 6.42 Å². The summed E-state index contributed by atoms with van der Waals surface area (Å²) in [6.07, 6.45) is 56.4. The van der Waals surface area contributed by atoms with Gasteiger partial charge in [-0.05, 0) is 51.4 Å². The summed E-state index contributed by atoms with van der Waals surface area (Å²) in [6, 6.07) is -0.803. The topological polar surface area (TPSA) is 149 Å². The number of hydrogen-bond acceptors (Lipinski definition) is 8. The molecule has 1 fully saturated rings. The molecule has 9 nitrogen and oxygen atoms in total. The van der Waals surface area contributed by atoms with E-state index < -0.39 is 49.5 Å². The van der Waals surface area contributed by atoms with E-state index in [9.17, 15) is 30.3 Å². The first-order chi connectivity index (χ1) is 33.3. The zero-order chi connectivity index (χ0) is 49.4. The second kappa shape index (κ2) is 49.0. The summed E-state index contributed by atoms with van der Waals surface area (Å²) in [5, 5.41) is 54.5. The van der Waals surface area contributed by atoms with Crippen molar-refractivity contribution in [3.8, 4) is 0 Å². The zero-order valence-electron chi connectivity index (χ0n) is 44.4. The molecule has 1 aliphatic heterocycles. The zero-order valence-corrected chi connectivity index (χ0v) is 44.4. The molecule has 1 aliphatic rings. The highest BCUT2D eigenvalue weighted by Crippen LogP contribution is 2.23. The van der Waals surface area contributed by atoms with Crippen LogP contribution in [0.25, 0.3) is 0 Å². The predicted molar refractivity (Wildman–Crippen MR) is 286 cm³/mol. The monoisotopic (exact) mass is 962 g/mol. The van der Waals surface area contributed by atoms with Crippen LogP contribution >= 0.6 is 0 Å². The SMILES string of the molecule is CCCCCCC/C=C\C/C=C\CCCCCCCCCCCCCCCCCCCC(=O)NC(COC1OC(CO)C(O)C(O)C1O)C(O)/C=C/CCCCCCCCCCCCCCCC. The number of rotatable bonds is 50. The standard InChI is InChI=1S/C59H111NO8/c1-3-5-7-9-11-13-15-17-19-21-22-23-24-25-26-27-28-29-30-31-32-33-35-37-39-41-43-45-47-49-55(63)60-52(51-67-59-58(66)57(65)56(64)54(50-61)68-59)53(62)48-46-44-42-40-38-36-34-20-18-16-14-12-10-8-6-4-2/h15,17,21-22,46,48,52-54,56-59,61-62,64-66H,3-14,16,18-20,23-45,47,49-51H2,1-2H3,(H,60,63)/b17-15-,22-21-,48-46+. The van der Waals surface area contributed by atoms with Gasteiger partial charge in [0.15, 0.2) is 6.29 Å². The van der Waals surface area contributed by atoms with Crippen LogP contribution in [-0.4, -0.2) is 87.5 Å². The van der Waals surface area contributed by atoms with E-state index in [4.69, 9.17) is 9.47 Å². The molecule has 6 N–H and O–H groups in total. The van der Waals surface area contributed by atoms with Gasteiger partial charge in [-0.2, -0.15) is 0 Å². The molecule has 1 heterocycles. The first-order valence-corrected chi connectivity index (χ1v) is 29.2. The number of allylic oxidation sites excluding steroid dienone is 5. The third kappa shape index (κ3) is 38.1. The molecule has 0 aromatic carbocycles. The Morgan fingerprint density at radius 1 is 0.500 bits per heavy atom. The fourth-order valence-corrected chi connectivity index (χ4v) is 9.31. The van der Waals surface area contributed by atoms with Crippen molar-refractivity contribution in [2.24, 2.45) is 0 Å². The van der Waals surface area contributed by atoms with E-state index in [-0.39, 0.29) is 12.5 Å². The van der Waals surface area contributed by atoms with Crippen molar-refractivity contribution in [2.75, 3.05) is 13.2 Å². The van der Waals surface area contributed by atoms with Crippen LogP contribution in [0.1, 0.15) is 277 Å². The maximum absolute atomic E-state index is 13.1. The van der Waals surface area contributed by atoms with Crippen LogP contribution in [0.4, 0.5) is 0 Å². The lowest BCUT2D eigenvalue weighted by molar-refractivity contribution is -0.302. The minimum absolute atomic E-state index is 0.173. The molecule has 0 aliphatic carbocycles. The minimum atomic E-state index is -1.57. The highest BCUT2D eigenvalue weighted by atomic mass is 16.7. The smallest absolute Gasteiger partial charge is 0.220 e. The summed E-state index contributed by atoms with van der Waals surface area (Å²) < 4.78 is 11.3. The number of aliphatic hydroxyl groups excluding tert-OH is 5. The van der Waals surface area contributed by atoms with E-state index in [1.54, 1.807) is 6.08 Å². The Labute approximate surface area is 419 Å². The summed E-state index contributed by atoms with van der Waals surface area (Å²) >= 11 is 0. The van der Waals surface area contributed by atoms with Gasteiger partial charge in [0, 0.05) is 6.42 Å². The number of carbonyl (C=O) groups is 1. The Balaban J connectivity index is 2.17. The van der Waals surface area contributed by atoms with Gasteiger partial charge in [-0.1, -0.05) is 256 Å². The summed E-state index contributed by atoms with van der Waals surface area (Å²) in [5.74, 6) is -0.173. The maximum atomic E-state index is 13.1. The molecule has 400 valence electrons. The van der Waals surface area contributed by atoms with Crippen LogP contribution in [0.2, 0.25) is 0 Å². The van der Waals surface area contributed by atoms with Gasteiger partial charge in [-0.3, -0.25) is 4.79 Å². The van der Waals surface area contributed by atoms with Crippen LogP contribution in [-0.2, 0) is 14.3 Å². The molecule has 0 aromatic rings. The first kappa shape index (κ1) is 64.4. The first-order valence-electron chi connectivity index (χ1n) is 29.2. The summed E-state index contributed by atoms with van der Waals surface area (Å²) in [7, 11) is 0. The maximum Gasteiger partial charge on any atom is 0.220 e. The number of amides is 1. The molecule has 1 saturated heterocycles. The van der Waals surface area contributed by atoms with Crippen LogP contribution in [0.3, 0.4) is 0 Å². The van der Waals surface area contributed by atoms with Crippen molar-refractivity contribution >= 4 is 5.91 Å². The Kier molecular flexibility index (Phi) is 46.4. The van der Waals surface area contributed by atoms with Gasteiger partial charge in [-0.25, -0.2) is 0 Å². The average molecular weight is 963 g/mol. The predicted octanol–water partition coefficient (Wildman–Crippen LogP) is 14.4. The molecule has 0 aromatic heterocycles. The molecule has 0 saturated carbocycles. The Bertz CT molecular complexity index is 1160. The second-order valence-corrected chi connectivity index (χ2v) is 20.4. The highest BCUT2D eigenvalue weighted by molar-refractivity contribution is 5.76. The number of unbranched alkanes of at least 4 members (excludes halogenated alkanes) is 36. The van der Waals surface area contributed by atoms with Gasteiger partial charge in [0.2, 0.25) is 5.91 Å². The lowest BCUT2D eigenvalue weighted by Gasteiger charge is -2.40. The van der Waals surface area contributed by atoms with Gasteiger partial charge in [0.05, 0.1) is 25.4 Å². The molecular formula is C59H111NO8. The van der Waals surface area contributed by atoms with Gasteiger partial charge < -0.3 is 40.3 Å². The van der Waals surface area contributed by atoms with Crippen molar-refractivity contribution in [1.82, 2.24) is 5.32 Å². The van der Waals surface area contributed by atoms with Crippen molar-refractivity contribution in [1.29, 1.82) is 0 Å². The van der Waals surface area contributed by atoms with Crippen LogP contribution in [0.15, 0.2) is 36.5 Å². The van der Waals surface area contributed by atoms with Crippen molar-refractivity contribution in [3.63, 3.8) is 0 Å². The van der Waals surface area contributed by atoms with E-state index in [1.165, 1.54) is 212 Å². The van der Waals surface area contributed by atoms with Crippen LogP contribution < -0.4 is 5.32 Å². The molecule has 1 rings (SSSR count). The van der Waals surface area contributed by atoms with Gasteiger partial charge in [-0.15, -0.1) is 0 Å². The van der Waals surface area contributed by atoms with Gasteiger partial charge >= 0.3 is 0 Å². The molecule has 9 heteroatoms. The molecule has 0 spiro atoms. The molecule has 7 atom stereocenters. The Morgan fingerprint density at radius 3 is 1.26 bits per heavy atom. The summed E-state index contributed by atoms with van der Waals surface area (Å²) in [5.41, 5.74) is 0. The minimum Gasteiger partial charge on any atom is -0.394 e. The largest absolute Gasteiger partial charge is 0.394 e. The second-order valence-electron chi connectivity index (χ2n) is 20.4. The summed E-state index contributed by atoms with van der Waals surface area (Å²) in [4.78, 5) is 13.1. The lowest BCUT2D eigenvalue weighted by atomic mass is 9.99. The molecule has 0 radical (unpaired) electrons. The van der Waals surface area contributed by atoms with E-state index in [1.807, 2.05) is 6.08 Å². The Morgan fingerprint density at radius 2 is 0.868 bits per heavy atom. The number of carbonyl (C=O) groups excluding carboxylic acids is 1. The lowest BCUT2D eigenvalue weighted by Crippen LogP contribution is -2.60. The molecular weight excluding hydrogens is 851 g/mol. The van der Waals surface area contributed by atoms with Crippen molar-refractivity contribution < 1.29 is 39.8 Å². The third-order valence-corrected chi connectivity index (χ3v) is 14.0. The van der Waals surface area contributed by atoms with Gasteiger partial charge in [0.1, 0.15) is 24.4 Å². The van der Waals surface area contributed by atoms with Crippen molar-refractivity contribution in [2.45, 2.75) is 320 Å². The fourth-order valence-electron chi connectivity index (χ4n) is 9.31. The Hall–Kier alpha value is -1.59. The molecule has 68 heavy (non-hydrogen) atoms. The number of ether oxygens (including phenoxy) is 2. The normalized spacial score (nSPS) is 19.8. The molecule has 1 amide bonds. The number of nitrogens with one attached hydrogen (secondary N) is 1.